The van der Waals surface area contributed by atoms with Gasteiger partial charge in [-0.25, -0.2) is 0 Å². The standard InChI is InChI=1S/C10H12N2O4.ClH/c1-2-4-9(13)16-10-7(11)5-3-6-8(10)12(14)15;/h3,5-6H,2,4,11H2,1H3;1H. The lowest BCUT2D eigenvalue weighted by molar-refractivity contribution is -0.385. The topological polar surface area (TPSA) is 95.5 Å². The fourth-order valence-corrected chi connectivity index (χ4v) is 1.17. The van der Waals surface area contributed by atoms with Gasteiger partial charge in [0, 0.05) is 12.5 Å². The van der Waals surface area contributed by atoms with Crippen LogP contribution in [0.25, 0.3) is 0 Å². The van der Waals surface area contributed by atoms with Gasteiger partial charge in [-0.2, -0.15) is 0 Å². The van der Waals surface area contributed by atoms with E-state index in [1.54, 1.807) is 0 Å². The molecule has 7 heteroatoms. The molecule has 0 spiro atoms. The van der Waals surface area contributed by atoms with Gasteiger partial charge >= 0.3 is 11.7 Å². The van der Waals surface area contributed by atoms with Gasteiger partial charge in [-0.1, -0.05) is 13.0 Å². The van der Waals surface area contributed by atoms with Crippen molar-refractivity contribution < 1.29 is 14.5 Å². The zero-order chi connectivity index (χ0) is 12.1. The lowest BCUT2D eigenvalue weighted by Crippen LogP contribution is -2.10. The maximum Gasteiger partial charge on any atom is 0.313 e. The zero-order valence-corrected chi connectivity index (χ0v) is 10.0. The van der Waals surface area contributed by atoms with Crippen molar-refractivity contribution in [3.63, 3.8) is 0 Å². The van der Waals surface area contributed by atoms with E-state index in [2.05, 4.69) is 0 Å². The van der Waals surface area contributed by atoms with E-state index < -0.39 is 10.9 Å². The van der Waals surface area contributed by atoms with Crippen molar-refractivity contribution in [2.75, 3.05) is 5.73 Å². The molecule has 17 heavy (non-hydrogen) atoms. The number of nitro benzene ring substituents is 1. The second kappa shape index (κ2) is 6.70. The molecule has 1 rings (SSSR count). The molecule has 1 aromatic rings. The van der Waals surface area contributed by atoms with Crippen LogP contribution in [0.2, 0.25) is 0 Å². The second-order valence-corrected chi connectivity index (χ2v) is 3.18. The largest absolute Gasteiger partial charge is 0.417 e. The van der Waals surface area contributed by atoms with E-state index in [0.717, 1.165) is 0 Å². The predicted octanol–water partition coefficient (Wildman–Crippen LogP) is 2.30. The summed E-state index contributed by atoms with van der Waals surface area (Å²) in [6, 6.07) is 4.12. The Morgan fingerprint density at radius 2 is 2.18 bits per heavy atom. The molecule has 94 valence electrons. The fraction of sp³-hybridized carbons (Fsp3) is 0.300. The molecule has 0 fully saturated rings. The Hall–Kier alpha value is -1.82. The molecule has 1 aromatic carbocycles. The molecule has 0 bridgehead atoms. The van der Waals surface area contributed by atoms with Crippen molar-refractivity contribution >= 4 is 29.8 Å². The smallest absolute Gasteiger partial charge is 0.313 e. The maximum absolute atomic E-state index is 11.2. The first-order chi connectivity index (χ1) is 7.56. The Morgan fingerprint density at radius 1 is 1.53 bits per heavy atom. The molecule has 0 unspecified atom stereocenters. The number of carbonyl (C=O) groups excluding carboxylic acids is 1. The van der Waals surface area contributed by atoms with Gasteiger partial charge in [-0.3, -0.25) is 14.9 Å². The van der Waals surface area contributed by atoms with Crippen LogP contribution in [0.3, 0.4) is 0 Å². The molecule has 6 nitrogen and oxygen atoms in total. The molecule has 0 aliphatic heterocycles. The number of benzene rings is 1. The highest BCUT2D eigenvalue weighted by molar-refractivity contribution is 5.85. The van der Waals surface area contributed by atoms with E-state index >= 15 is 0 Å². The molecule has 0 saturated carbocycles. The summed E-state index contributed by atoms with van der Waals surface area (Å²) in [5.41, 5.74) is 5.30. The van der Waals surface area contributed by atoms with Crippen LogP contribution in [0, 0.1) is 10.1 Å². The first-order valence-electron chi connectivity index (χ1n) is 4.79. The van der Waals surface area contributed by atoms with Gasteiger partial charge < -0.3 is 10.5 Å². The van der Waals surface area contributed by atoms with Crippen LogP contribution >= 0.6 is 12.4 Å². The summed E-state index contributed by atoms with van der Waals surface area (Å²) in [6.07, 6.45) is 0.810. The van der Waals surface area contributed by atoms with E-state index in [1.807, 2.05) is 6.92 Å². The third-order valence-corrected chi connectivity index (χ3v) is 1.89. The summed E-state index contributed by atoms with van der Waals surface area (Å²) in [4.78, 5) is 21.3. The van der Waals surface area contributed by atoms with Crippen LogP contribution < -0.4 is 10.5 Å². The van der Waals surface area contributed by atoms with Crippen LogP contribution in [0.4, 0.5) is 11.4 Å². The summed E-state index contributed by atoms with van der Waals surface area (Å²) in [6.45, 7) is 1.81. The number of para-hydroxylation sites is 1. The second-order valence-electron chi connectivity index (χ2n) is 3.18. The van der Waals surface area contributed by atoms with E-state index in [4.69, 9.17) is 10.5 Å². The number of rotatable bonds is 4. The Bertz CT molecular complexity index is 423. The molecule has 0 aliphatic carbocycles. The molecule has 0 amide bonds. The van der Waals surface area contributed by atoms with Gasteiger partial charge in [0.05, 0.1) is 10.6 Å². The van der Waals surface area contributed by atoms with Crippen LogP contribution in [0.5, 0.6) is 5.75 Å². The Kier molecular flexibility index (Phi) is 5.98. The number of ether oxygens (including phenoxy) is 1. The van der Waals surface area contributed by atoms with E-state index in [1.165, 1.54) is 18.2 Å². The Labute approximate surface area is 104 Å². The van der Waals surface area contributed by atoms with Crippen LogP contribution in [-0.4, -0.2) is 10.9 Å². The third kappa shape index (κ3) is 3.92. The number of hydrogen-bond donors (Lipinski definition) is 1. The quantitative estimate of drug-likeness (QED) is 0.295. The fourth-order valence-electron chi connectivity index (χ4n) is 1.17. The molecular formula is C10H13ClN2O4. The Morgan fingerprint density at radius 3 is 2.71 bits per heavy atom. The number of carbonyl (C=O) groups is 1. The first kappa shape index (κ1) is 15.2. The number of esters is 1. The van der Waals surface area contributed by atoms with E-state index in [9.17, 15) is 14.9 Å². The van der Waals surface area contributed by atoms with Gasteiger partial charge in [0.15, 0.2) is 0 Å². The van der Waals surface area contributed by atoms with Crippen molar-refractivity contribution in [3.05, 3.63) is 28.3 Å². The molecule has 0 saturated heterocycles. The number of anilines is 1. The normalized spacial score (nSPS) is 9.24. The lowest BCUT2D eigenvalue weighted by atomic mass is 10.2. The van der Waals surface area contributed by atoms with Crippen LogP contribution in [0.15, 0.2) is 18.2 Å². The molecule has 2 N–H and O–H groups in total. The van der Waals surface area contributed by atoms with Gasteiger partial charge in [0.25, 0.3) is 0 Å². The minimum atomic E-state index is -0.634. The van der Waals surface area contributed by atoms with Crippen LogP contribution in [0.1, 0.15) is 19.8 Å². The number of nitrogens with zero attached hydrogens (tertiary/aromatic N) is 1. The average Bonchev–Trinajstić information content (AvgIpc) is 2.21. The van der Waals surface area contributed by atoms with Crippen molar-refractivity contribution in [3.8, 4) is 5.75 Å². The molecule has 0 heterocycles. The minimum absolute atomic E-state index is 0. The number of nitro groups is 1. The van der Waals surface area contributed by atoms with Gasteiger partial charge in [0.2, 0.25) is 5.75 Å². The third-order valence-electron chi connectivity index (χ3n) is 1.89. The van der Waals surface area contributed by atoms with Crippen molar-refractivity contribution in [2.45, 2.75) is 19.8 Å². The highest BCUT2D eigenvalue weighted by Gasteiger charge is 2.20. The highest BCUT2D eigenvalue weighted by atomic mass is 35.5. The summed E-state index contributed by atoms with van der Waals surface area (Å²) >= 11 is 0. The molecule has 0 atom stereocenters. The number of nitrogens with two attached hydrogens (primary N) is 1. The maximum atomic E-state index is 11.2. The molecule has 0 aromatic heterocycles. The molecule has 0 aliphatic rings. The zero-order valence-electron chi connectivity index (χ0n) is 9.21. The average molecular weight is 261 g/mol. The van der Waals surface area contributed by atoms with Gasteiger partial charge in [0.1, 0.15) is 0 Å². The molecule has 0 radical (unpaired) electrons. The number of halogens is 1. The van der Waals surface area contributed by atoms with Crippen LogP contribution in [-0.2, 0) is 4.79 Å². The highest BCUT2D eigenvalue weighted by Crippen LogP contribution is 2.32. The van der Waals surface area contributed by atoms with E-state index in [0.29, 0.717) is 6.42 Å². The molecular weight excluding hydrogens is 248 g/mol. The van der Waals surface area contributed by atoms with Crippen molar-refractivity contribution in [1.82, 2.24) is 0 Å². The monoisotopic (exact) mass is 260 g/mol. The predicted molar refractivity (Wildman–Crippen MR) is 65.3 cm³/mol. The Balaban J connectivity index is 0.00000256. The minimum Gasteiger partial charge on any atom is -0.417 e. The summed E-state index contributed by atoms with van der Waals surface area (Å²) < 4.78 is 4.87. The summed E-state index contributed by atoms with van der Waals surface area (Å²) in [7, 11) is 0. The van der Waals surface area contributed by atoms with Crippen molar-refractivity contribution in [1.29, 1.82) is 0 Å². The van der Waals surface area contributed by atoms with Gasteiger partial charge in [-0.05, 0) is 12.5 Å². The summed E-state index contributed by atoms with van der Waals surface area (Å²) in [5, 5.41) is 10.7. The SMILES string of the molecule is CCCC(=O)Oc1c(N)cccc1[N+](=O)[O-].Cl. The lowest BCUT2D eigenvalue weighted by Gasteiger charge is -2.06. The first-order valence-corrected chi connectivity index (χ1v) is 4.79. The van der Waals surface area contributed by atoms with E-state index in [-0.39, 0.29) is 36.0 Å². The van der Waals surface area contributed by atoms with Crippen molar-refractivity contribution in [2.24, 2.45) is 0 Å². The number of hydrogen-bond acceptors (Lipinski definition) is 5. The number of nitrogen functional groups attached to an aromatic ring is 1. The summed E-state index contributed by atoms with van der Waals surface area (Å²) in [5.74, 6) is -0.700. The van der Waals surface area contributed by atoms with Gasteiger partial charge in [-0.15, -0.1) is 12.4 Å².